The van der Waals surface area contributed by atoms with E-state index >= 15 is 0 Å². The highest BCUT2D eigenvalue weighted by Gasteiger charge is 2.19. The van der Waals surface area contributed by atoms with Crippen LogP contribution in [0.5, 0.6) is 0 Å². The first kappa shape index (κ1) is 71.8. The van der Waals surface area contributed by atoms with E-state index in [-0.39, 0.29) is 31.1 Å². The molecule has 0 N–H and O–H groups in total. The van der Waals surface area contributed by atoms with Crippen molar-refractivity contribution < 1.29 is 28.6 Å². The Labute approximate surface area is 465 Å². The zero-order chi connectivity index (χ0) is 54.3. The van der Waals surface area contributed by atoms with Crippen molar-refractivity contribution >= 4 is 17.9 Å². The number of carbonyl (C=O) groups excluding carboxylic acids is 3. The molecule has 75 heavy (non-hydrogen) atoms. The molecular formula is C69H122O6. The van der Waals surface area contributed by atoms with E-state index in [0.717, 1.165) is 103 Å². The van der Waals surface area contributed by atoms with E-state index in [4.69, 9.17) is 14.2 Å². The Kier molecular flexibility index (Phi) is 60.7. The average Bonchev–Trinajstić information content (AvgIpc) is 3.41. The highest BCUT2D eigenvalue weighted by atomic mass is 16.6. The van der Waals surface area contributed by atoms with Crippen LogP contribution >= 0.6 is 0 Å². The van der Waals surface area contributed by atoms with E-state index in [0.29, 0.717) is 19.3 Å². The lowest BCUT2D eigenvalue weighted by Gasteiger charge is -2.18. The van der Waals surface area contributed by atoms with Gasteiger partial charge in [-0.1, -0.05) is 293 Å². The van der Waals surface area contributed by atoms with Crippen LogP contribution in [0.4, 0.5) is 0 Å². The second-order valence-electron chi connectivity index (χ2n) is 21.6. The molecule has 0 spiro atoms. The molecule has 0 fully saturated rings. The van der Waals surface area contributed by atoms with Crippen molar-refractivity contribution in [2.24, 2.45) is 0 Å². The van der Waals surface area contributed by atoms with Crippen LogP contribution < -0.4 is 0 Å². The monoisotopic (exact) mass is 1050 g/mol. The molecule has 0 bridgehead atoms. The molecule has 0 saturated heterocycles. The van der Waals surface area contributed by atoms with Gasteiger partial charge in [0, 0.05) is 19.3 Å². The van der Waals surface area contributed by atoms with Gasteiger partial charge < -0.3 is 14.2 Å². The van der Waals surface area contributed by atoms with Crippen molar-refractivity contribution in [1.82, 2.24) is 0 Å². The number of ether oxygens (including phenoxy) is 3. The van der Waals surface area contributed by atoms with Gasteiger partial charge >= 0.3 is 17.9 Å². The summed E-state index contributed by atoms with van der Waals surface area (Å²) in [6.45, 7) is 6.52. The lowest BCUT2D eigenvalue weighted by Crippen LogP contribution is -2.30. The van der Waals surface area contributed by atoms with Crippen LogP contribution in [0.15, 0.2) is 72.9 Å². The number of hydrogen-bond acceptors (Lipinski definition) is 6. The number of rotatable bonds is 59. The topological polar surface area (TPSA) is 78.9 Å². The number of allylic oxidation sites excluding steroid dienone is 12. The van der Waals surface area contributed by atoms with E-state index in [1.807, 2.05) is 0 Å². The third-order valence-corrected chi connectivity index (χ3v) is 14.2. The molecule has 0 aliphatic heterocycles. The Morgan fingerprint density at radius 3 is 0.853 bits per heavy atom. The Balaban J connectivity index is 4.07. The van der Waals surface area contributed by atoms with E-state index in [2.05, 4.69) is 93.7 Å². The second kappa shape index (κ2) is 63.4. The first-order valence-corrected chi connectivity index (χ1v) is 32.4. The summed E-state index contributed by atoms with van der Waals surface area (Å²) >= 11 is 0. The van der Waals surface area contributed by atoms with Gasteiger partial charge in [0.05, 0.1) is 0 Å². The summed E-state index contributed by atoms with van der Waals surface area (Å²) in [4.78, 5) is 38.2. The summed E-state index contributed by atoms with van der Waals surface area (Å²) in [6.07, 6.45) is 82.1. The Bertz CT molecular complexity index is 1390. The minimum absolute atomic E-state index is 0.0730. The van der Waals surface area contributed by atoms with E-state index < -0.39 is 6.10 Å². The van der Waals surface area contributed by atoms with Crippen molar-refractivity contribution in [3.63, 3.8) is 0 Å². The lowest BCUT2D eigenvalue weighted by molar-refractivity contribution is -0.167. The smallest absolute Gasteiger partial charge is 0.306 e. The van der Waals surface area contributed by atoms with E-state index in [1.165, 1.54) is 186 Å². The summed E-state index contributed by atoms with van der Waals surface area (Å²) in [5, 5.41) is 0. The molecule has 0 aromatic rings. The molecule has 434 valence electrons. The quantitative estimate of drug-likeness (QED) is 0.0261. The maximum Gasteiger partial charge on any atom is 0.306 e. The first-order valence-electron chi connectivity index (χ1n) is 32.4. The van der Waals surface area contributed by atoms with Gasteiger partial charge in [-0.3, -0.25) is 14.4 Å². The van der Waals surface area contributed by atoms with Gasteiger partial charge in [-0.2, -0.15) is 0 Å². The molecule has 0 aromatic heterocycles. The number of hydrogen-bond donors (Lipinski definition) is 0. The second-order valence-corrected chi connectivity index (χ2v) is 21.6. The highest BCUT2D eigenvalue weighted by Crippen LogP contribution is 2.17. The summed E-state index contributed by atoms with van der Waals surface area (Å²) in [5.41, 5.74) is 0. The van der Waals surface area contributed by atoms with Gasteiger partial charge in [-0.25, -0.2) is 0 Å². The molecule has 6 heteroatoms. The van der Waals surface area contributed by atoms with Crippen molar-refractivity contribution in [1.29, 1.82) is 0 Å². The van der Waals surface area contributed by atoms with Gasteiger partial charge in [0.1, 0.15) is 13.2 Å². The lowest BCUT2D eigenvalue weighted by atomic mass is 10.0. The summed E-state index contributed by atoms with van der Waals surface area (Å²) in [7, 11) is 0. The van der Waals surface area contributed by atoms with Crippen LogP contribution in [0.25, 0.3) is 0 Å². The maximum atomic E-state index is 12.8. The fourth-order valence-corrected chi connectivity index (χ4v) is 9.35. The maximum absolute atomic E-state index is 12.8. The highest BCUT2D eigenvalue weighted by molar-refractivity contribution is 5.71. The fourth-order valence-electron chi connectivity index (χ4n) is 9.35. The zero-order valence-electron chi connectivity index (χ0n) is 49.8. The van der Waals surface area contributed by atoms with Crippen molar-refractivity contribution in [3.05, 3.63) is 72.9 Å². The Morgan fingerprint density at radius 1 is 0.280 bits per heavy atom. The average molecular weight is 1050 g/mol. The first-order chi connectivity index (χ1) is 37.0. The molecule has 1 atom stereocenters. The molecule has 0 aliphatic carbocycles. The Hall–Kier alpha value is -3.15. The van der Waals surface area contributed by atoms with E-state index in [1.54, 1.807) is 0 Å². The molecule has 0 aliphatic rings. The summed E-state index contributed by atoms with van der Waals surface area (Å²) in [6, 6.07) is 0. The number of carbonyl (C=O) groups is 3. The molecule has 0 aromatic carbocycles. The van der Waals surface area contributed by atoms with Crippen LogP contribution in [0.3, 0.4) is 0 Å². The predicted molar refractivity (Wildman–Crippen MR) is 325 cm³/mol. The van der Waals surface area contributed by atoms with Crippen LogP contribution in [-0.4, -0.2) is 37.2 Å². The number of unbranched alkanes of at least 4 members (excludes halogenated alkanes) is 36. The minimum atomic E-state index is -0.775. The molecular weight excluding hydrogens is 925 g/mol. The molecule has 0 radical (unpaired) electrons. The van der Waals surface area contributed by atoms with Gasteiger partial charge in [0.25, 0.3) is 0 Å². The van der Waals surface area contributed by atoms with Crippen LogP contribution in [0.1, 0.15) is 329 Å². The normalized spacial score (nSPS) is 12.5. The summed E-state index contributed by atoms with van der Waals surface area (Å²) < 4.78 is 16.9. The van der Waals surface area contributed by atoms with Gasteiger partial charge in [0.15, 0.2) is 6.10 Å². The van der Waals surface area contributed by atoms with Crippen molar-refractivity contribution in [3.8, 4) is 0 Å². The van der Waals surface area contributed by atoms with Gasteiger partial charge in [-0.15, -0.1) is 0 Å². The molecule has 1 unspecified atom stereocenters. The minimum Gasteiger partial charge on any atom is -0.462 e. The third-order valence-electron chi connectivity index (χ3n) is 14.2. The molecule has 0 rings (SSSR count). The van der Waals surface area contributed by atoms with Crippen molar-refractivity contribution in [2.45, 2.75) is 335 Å². The molecule has 6 nitrogen and oxygen atoms in total. The van der Waals surface area contributed by atoms with Gasteiger partial charge in [-0.05, 0) is 89.9 Å². The standard InChI is InChI=1S/C69H122O6/c1-4-7-10-13-16-19-22-25-26-27-28-29-30-31-32-33-34-35-36-37-38-39-40-41-42-43-44-45-48-50-53-56-59-62-68(71)74-65-66(75-69(72)63-60-57-54-51-47-24-21-18-15-12-9-6-3)64-73-67(70)61-58-55-52-49-46-23-20-17-14-11-8-5-2/h7,10,16,18-19,21,25-26,28-29,31-32,66H,4-6,8-9,11-15,17,20,22-24,27,30,33-65H2,1-3H3/b10-7-,19-16-,21-18-,26-25-,29-28-,32-31-. The number of esters is 3. The SMILES string of the molecule is CC/C=C\C/C=C\C/C=C\C/C=C\C/C=C\CCCCCCCCCCCCCCCCCCCC(=O)OCC(COC(=O)CCCCCCCCCCCCCC)OC(=O)CCCCCCC/C=C\CCCCC. The van der Waals surface area contributed by atoms with Crippen LogP contribution in [0.2, 0.25) is 0 Å². The fraction of sp³-hybridized carbons (Fsp3) is 0.783. The molecule has 0 amide bonds. The predicted octanol–water partition coefficient (Wildman–Crippen LogP) is 22.1. The Morgan fingerprint density at radius 2 is 0.520 bits per heavy atom. The van der Waals surface area contributed by atoms with Gasteiger partial charge in [0.2, 0.25) is 0 Å². The van der Waals surface area contributed by atoms with Crippen LogP contribution in [-0.2, 0) is 28.6 Å². The third kappa shape index (κ3) is 61.6. The zero-order valence-corrected chi connectivity index (χ0v) is 49.8. The molecule has 0 saturated carbocycles. The van der Waals surface area contributed by atoms with Crippen molar-refractivity contribution in [2.75, 3.05) is 13.2 Å². The van der Waals surface area contributed by atoms with Crippen LogP contribution in [0, 0.1) is 0 Å². The largest absolute Gasteiger partial charge is 0.462 e. The molecule has 0 heterocycles. The van der Waals surface area contributed by atoms with E-state index in [9.17, 15) is 14.4 Å². The summed E-state index contributed by atoms with van der Waals surface area (Å²) in [5.74, 6) is -0.867.